The first kappa shape index (κ1) is 16.7. The van der Waals surface area contributed by atoms with Crippen LogP contribution in [0, 0.1) is 0 Å². The van der Waals surface area contributed by atoms with Crippen LogP contribution in [0.25, 0.3) is 0 Å². The fourth-order valence-electron chi connectivity index (χ4n) is 3.90. The van der Waals surface area contributed by atoms with Crippen LogP contribution in [0.4, 0.5) is 0 Å². The number of piperazine rings is 1. The number of rotatable bonds is 4. The van der Waals surface area contributed by atoms with E-state index in [2.05, 4.69) is 35.9 Å². The lowest BCUT2D eigenvalue weighted by atomic mass is 9.96. The summed E-state index contributed by atoms with van der Waals surface area (Å²) in [6.45, 7) is 14.1. The van der Waals surface area contributed by atoms with Gasteiger partial charge >= 0.3 is 0 Å². The maximum Gasteiger partial charge on any atom is 0.237 e. The second kappa shape index (κ2) is 6.23. The highest BCUT2D eigenvalue weighted by atomic mass is 16.1. The van der Waals surface area contributed by atoms with Gasteiger partial charge in [-0.05, 0) is 46.6 Å². The predicted molar refractivity (Wildman–Crippen MR) is 86.1 cm³/mol. The fraction of sp³-hybridized carbons (Fsp3) is 0.938. The van der Waals surface area contributed by atoms with Crippen molar-refractivity contribution >= 4 is 5.91 Å². The number of likely N-dealkylation sites (N-methyl/N-ethyl adjacent to an activating group) is 1. The van der Waals surface area contributed by atoms with Gasteiger partial charge in [-0.25, -0.2) is 0 Å². The molecule has 0 radical (unpaired) electrons. The molecule has 21 heavy (non-hydrogen) atoms. The monoisotopic (exact) mass is 296 g/mol. The zero-order valence-corrected chi connectivity index (χ0v) is 14.1. The van der Waals surface area contributed by atoms with Gasteiger partial charge in [0.2, 0.25) is 5.91 Å². The van der Waals surface area contributed by atoms with Crippen LogP contribution in [0.2, 0.25) is 0 Å². The van der Waals surface area contributed by atoms with Gasteiger partial charge in [-0.1, -0.05) is 6.92 Å². The van der Waals surface area contributed by atoms with Crippen molar-refractivity contribution in [3.05, 3.63) is 0 Å². The van der Waals surface area contributed by atoms with Crippen molar-refractivity contribution in [3.63, 3.8) is 0 Å². The van der Waals surface area contributed by atoms with Crippen molar-refractivity contribution in [1.29, 1.82) is 0 Å². The number of carbonyl (C=O) groups excluding carboxylic acids is 1. The summed E-state index contributed by atoms with van der Waals surface area (Å²) in [5.74, 6) is -0.180. The Kier molecular flexibility index (Phi) is 4.96. The Balaban J connectivity index is 1.92. The lowest BCUT2D eigenvalue weighted by Gasteiger charge is -2.44. The van der Waals surface area contributed by atoms with Crippen molar-refractivity contribution in [2.24, 2.45) is 5.73 Å². The molecule has 5 nitrogen and oxygen atoms in total. The molecule has 1 saturated carbocycles. The maximum absolute atomic E-state index is 11.9. The molecule has 2 rings (SSSR count). The quantitative estimate of drug-likeness (QED) is 0.805. The zero-order valence-electron chi connectivity index (χ0n) is 14.1. The first-order valence-electron chi connectivity index (χ1n) is 8.32. The summed E-state index contributed by atoms with van der Waals surface area (Å²) in [5, 5.41) is 3.35. The normalized spacial score (nSPS) is 32.5. The minimum atomic E-state index is -0.472. The molecule has 0 bridgehead atoms. The number of nitrogens with zero attached hydrogens (tertiary/aromatic N) is 2. The third kappa shape index (κ3) is 3.58. The molecular formula is C16H32N4O. The Morgan fingerprint density at radius 2 is 1.90 bits per heavy atom. The third-order valence-electron chi connectivity index (χ3n) is 5.25. The smallest absolute Gasteiger partial charge is 0.237 e. The first-order chi connectivity index (χ1) is 9.78. The molecule has 0 spiro atoms. The average molecular weight is 296 g/mol. The van der Waals surface area contributed by atoms with Crippen molar-refractivity contribution < 1.29 is 4.79 Å². The van der Waals surface area contributed by atoms with Gasteiger partial charge in [0.1, 0.15) is 0 Å². The van der Waals surface area contributed by atoms with Gasteiger partial charge in [0.15, 0.2) is 0 Å². The molecule has 5 heteroatoms. The highest BCUT2D eigenvalue weighted by molar-refractivity contribution is 5.85. The van der Waals surface area contributed by atoms with E-state index in [9.17, 15) is 4.79 Å². The van der Waals surface area contributed by atoms with Gasteiger partial charge in [-0.15, -0.1) is 0 Å². The Morgan fingerprint density at radius 1 is 1.29 bits per heavy atom. The van der Waals surface area contributed by atoms with E-state index in [4.69, 9.17) is 5.73 Å². The van der Waals surface area contributed by atoms with Crippen LogP contribution in [0.15, 0.2) is 0 Å². The van der Waals surface area contributed by atoms with Gasteiger partial charge in [-0.2, -0.15) is 0 Å². The molecule has 2 fully saturated rings. The van der Waals surface area contributed by atoms with Gasteiger partial charge in [0.05, 0.1) is 5.54 Å². The Labute approximate surface area is 129 Å². The van der Waals surface area contributed by atoms with Gasteiger partial charge in [0, 0.05) is 37.8 Å². The number of primary amides is 1. The molecule has 1 saturated heterocycles. The summed E-state index contributed by atoms with van der Waals surface area (Å²) >= 11 is 0. The molecule has 1 aliphatic heterocycles. The van der Waals surface area contributed by atoms with E-state index < -0.39 is 5.54 Å². The molecule has 0 aromatic rings. The highest BCUT2D eigenvalue weighted by Crippen LogP contribution is 2.34. The predicted octanol–water partition coefficient (Wildman–Crippen LogP) is 0.789. The Hall–Kier alpha value is -0.650. The van der Waals surface area contributed by atoms with Gasteiger partial charge < -0.3 is 11.1 Å². The van der Waals surface area contributed by atoms with E-state index in [1.54, 1.807) is 0 Å². The highest BCUT2D eigenvalue weighted by Gasteiger charge is 2.45. The topological polar surface area (TPSA) is 61.6 Å². The molecule has 1 heterocycles. The number of nitrogens with one attached hydrogen (secondary N) is 1. The summed E-state index contributed by atoms with van der Waals surface area (Å²) in [5.41, 5.74) is 5.44. The molecule has 3 N–H and O–H groups in total. The van der Waals surface area contributed by atoms with Crippen LogP contribution in [0.3, 0.4) is 0 Å². The van der Waals surface area contributed by atoms with E-state index in [-0.39, 0.29) is 11.4 Å². The summed E-state index contributed by atoms with van der Waals surface area (Å²) in [6, 6.07) is 0.499. The lowest BCUT2D eigenvalue weighted by Crippen LogP contribution is -2.57. The molecular weight excluding hydrogens is 264 g/mol. The van der Waals surface area contributed by atoms with Crippen LogP contribution in [0.5, 0.6) is 0 Å². The minimum absolute atomic E-state index is 0.180. The molecule has 2 unspecified atom stereocenters. The summed E-state index contributed by atoms with van der Waals surface area (Å²) in [6.07, 6.45) is 2.82. The van der Waals surface area contributed by atoms with E-state index in [1.807, 2.05) is 6.92 Å². The van der Waals surface area contributed by atoms with Crippen molar-refractivity contribution in [3.8, 4) is 0 Å². The fourth-order valence-corrected chi connectivity index (χ4v) is 3.90. The Bertz CT molecular complexity index is 371. The van der Waals surface area contributed by atoms with Crippen LogP contribution in [0.1, 0.15) is 47.0 Å². The van der Waals surface area contributed by atoms with E-state index in [0.29, 0.717) is 6.04 Å². The number of hydrogen-bond donors (Lipinski definition) is 2. The molecule has 1 aliphatic carbocycles. The lowest BCUT2D eigenvalue weighted by molar-refractivity contribution is -0.124. The molecule has 2 atom stereocenters. The molecule has 122 valence electrons. The van der Waals surface area contributed by atoms with Gasteiger partial charge in [0.25, 0.3) is 0 Å². The molecule has 0 aromatic carbocycles. The van der Waals surface area contributed by atoms with Crippen LogP contribution < -0.4 is 11.1 Å². The number of carbonyl (C=O) groups is 1. The van der Waals surface area contributed by atoms with Crippen molar-refractivity contribution in [2.45, 2.75) is 64.1 Å². The Morgan fingerprint density at radius 3 is 2.38 bits per heavy atom. The number of hydrogen-bond acceptors (Lipinski definition) is 4. The van der Waals surface area contributed by atoms with E-state index in [1.165, 1.54) is 0 Å². The maximum atomic E-state index is 11.9. The number of nitrogens with two attached hydrogens (primary N) is 1. The van der Waals surface area contributed by atoms with Crippen LogP contribution in [-0.4, -0.2) is 65.6 Å². The van der Waals surface area contributed by atoms with Crippen molar-refractivity contribution in [2.75, 3.05) is 32.7 Å². The van der Waals surface area contributed by atoms with Gasteiger partial charge in [-0.3, -0.25) is 14.6 Å². The second-order valence-corrected chi connectivity index (χ2v) is 7.57. The summed E-state index contributed by atoms with van der Waals surface area (Å²) in [4.78, 5) is 17.0. The van der Waals surface area contributed by atoms with E-state index in [0.717, 1.165) is 52.0 Å². The minimum Gasteiger partial charge on any atom is -0.368 e. The molecule has 0 aromatic heterocycles. The number of amides is 1. The average Bonchev–Trinajstić information content (AvgIpc) is 2.84. The third-order valence-corrected chi connectivity index (χ3v) is 5.25. The largest absolute Gasteiger partial charge is 0.368 e. The summed E-state index contributed by atoms with van der Waals surface area (Å²) < 4.78 is 0. The zero-order chi connectivity index (χ0) is 15.7. The summed E-state index contributed by atoms with van der Waals surface area (Å²) in [7, 11) is 0. The molecule has 1 amide bonds. The van der Waals surface area contributed by atoms with Crippen LogP contribution in [-0.2, 0) is 4.79 Å². The SMILES string of the molecule is CCNC1(C(N)=O)CCC(N2CCN(C(C)(C)C)CC2)C1. The van der Waals surface area contributed by atoms with Crippen LogP contribution >= 0.6 is 0 Å². The second-order valence-electron chi connectivity index (χ2n) is 7.57. The standard InChI is InChI=1S/C16H32N4O/c1-5-18-16(14(17)21)7-6-13(12-16)19-8-10-20(11-9-19)15(2,3)4/h13,18H,5-12H2,1-4H3,(H2,17,21). The first-order valence-corrected chi connectivity index (χ1v) is 8.32. The van der Waals surface area contributed by atoms with Crippen molar-refractivity contribution in [1.82, 2.24) is 15.1 Å². The van der Waals surface area contributed by atoms with E-state index >= 15 is 0 Å². The molecule has 2 aliphatic rings.